The van der Waals surface area contributed by atoms with Crippen LogP contribution in [-0.4, -0.2) is 10.9 Å². The number of hydrogen-bond donors (Lipinski definition) is 1. The first-order chi connectivity index (χ1) is 13.6. The van der Waals surface area contributed by atoms with Gasteiger partial charge in [-0.2, -0.15) is 0 Å². The van der Waals surface area contributed by atoms with E-state index in [9.17, 15) is 4.79 Å². The number of amides is 1. The summed E-state index contributed by atoms with van der Waals surface area (Å²) in [6.07, 6.45) is 0. The molecule has 138 valence electrons. The molecule has 3 aromatic carbocycles. The van der Waals surface area contributed by atoms with E-state index in [4.69, 9.17) is 23.2 Å². The van der Waals surface area contributed by atoms with Crippen molar-refractivity contribution in [2.75, 3.05) is 5.32 Å². The molecule has 4 rings (SSSR count). The van der Waals surface area contributed by atoms with Crippen LogP contribution >= 0.6 is 34.5 Å². The SMILES string of the molecule is O=C(Nc1nc(-c2ccc(-c3ccccc3)cc2)cs1)c1ccc(Cl)cc1Cl. The third-order valence-corrected chi connectivity index (χ3v) is 5.49. The lowest BCUT2D eigenvalue weighted by Gasteiger charge is -2.04. The average Bonchev–Trinajstić information content (AvgIpc) is 3.17. The number of aromatic nitrogens is 1. The quantitative estimate of drug-likeness (QED) is 0.381. The molecule has 1 N–H and O–H groups in total. The first-order valence-corrected chi connectivity index (χ1v) is 10.1. The molecule has 0 fully saturated rings. The Kier molecular flexibility index (Phi) is 5.44. The Bertz CT molecular complexity index is 1130. The van der Waals surface area contributed by atoms with Gasteiger partial charge in [-0.15, -0.1) is 11.3 Å². The second kappa shape index (κ2) is 8.15. The molecular weight excluding hydrogens is 411 g/mol. The van der Waals surface area contributed by atoms with E-state index in [1.54, 1.807) is 18.2 Å². The molecule has 0 bridgehead atoms. The molecular formula is C22H14Cl2N2OS. The molecule has 6 heteroatoms. The third kappa shape index (κ3) is 4.09. The maximum Gasteiger partial charge on any atom is 0.258 e. The molecule has 1 amide bonds. The van der Waals surface area contributed by atoms with Crippen LogP contribution in [0.15, 0.2) is 78.2 Å². The van der Waals surface area contributed by atoms with Gasteiger partial charge in [0, 0.05) is 16.0 Å². The summed E-state index contributed by atoms with van der Waals surface area (Å²) in [6, 6.07) is 23.1. The van der Waals surface area contributed by atoms with E-state index in [-0.39, 0.29) is 5.91 Å². The standard InChI is InChI=1S/C22H14Cl2N2OS/c23-17-10-11-18(19(24)12-17)21(27)26-22-25-20(13-28-22)16-8-6-15(7-9-16)14-4-2-1-3-5-14/h1-13H,(H,25,26,27). The van der Waals surface area contributed by atoms with Crippen molar-refractivity contribution in [3.8, 4) is 22.4 Å². The van der Waals surface area contributed by atoms with Gasteiger partial charge in [0.05, 0.1) is 16.3 Å². The summed E-state index contributed by atoms with van der Waals surface area (Å²) in [4.78, 5) is 16.9. The summed E-state index contributed by atoms with van der Waals surface area (Å²) < 4.78 is 0. The van der Waals surface area contributed by atoms with Gasteiger partial charge in [-0.25, -0.2) is 4.98 Å². The molecule has 0 spiro atoms. The second-order valence-corrected chi connectivity index (χ2v) is 7.76. The lowest BCUT2D eigenvalue weighted by Crippen LogP contribution is -2.12. The first kappa shape index (κ1) is 18.7. The number of anilines is 1. The van der Waals surface area contributed by atoms with E-state index in [0.29, 0.717) is 20.7 Å². The zero-order chi connectivity index (χ0) is 19.5. The third-order valence-electron chi connectivity index (χ3n) is 4.19. The predicted octanol–water partition coefficient (Wildman–Crippen LogP) is 7.04. The molecule has 1 aromatic heterocycles. The highest BCUT2D eigenvalue weighted by molar-refractivity contribution is 7.14. The van der Waals surface area contributed by atoms with Crippen molar-refractivity contribution in [1.29, 1.82) is 0 Å². The highest BCUT2D eigenvalue weighted by Gasteiger charge is 2.13. The molecule has 0 aliphatic rings. The monoisotopic (exact) mass is 424 g/mol. The lowest BCUT2D eigenvalue weighted by molar-refractivity contribution is 0.102. The summed E-state index contributed by atoms with van der Waals surface area (Å²) in [5.41, 5.74) is 4.46. The van der Waals surface area contributed by atoms with Crippen molar-refractivity contribution in [2.24, 2.45) is 0 Å². The summed E-state index contributed by atoms with van der Waals surface area (Å²) >= 11 is 13.3. The maximum atomic E-state index is 12.4. The molecule has 3 nitrogen and oxygen atoms in total. The van der Waals surface area contributed by atoms with E-state index >= 15 is 0 Å². The fourth-order valence-electron chi connectivity index (χ4n) is 2.77. The van der Waals surface area contributed by atoms with Crippen LogP contribution in [0.25, 0.3) is 22.4 Å². The van der Waals surface area contributed by atoms with Crippen molar-refractivity contribution in [1.82, 2.24) is 4.98 Å². The topological polar surface area (TPSA) is 42.0 Å². The molecule has 28 heavy (non-hydrogen) atoms. The number of thiazole rings is 1. The lowest BCUT2D eigenvalue weighted by atomic mass is 10.0. The van der Waals surface area contributed by atoms with Gasteiger partial charge < -0.3 is 0 Å². The summed E-state index contributed by atoms with van der Waals surface area (Å²) in [5, 5.41) is 6.00. The van der Waals surface area contributed by atoms with Gasteiger partial charge in [0.25, 0.3) is 5.91 Å². The number of hydrogen-bond acceptors (Lipinski definition) is 3. The van der Waals surface area contributed by atoms with E-state index in [2.05, 4.69) is 34.6 Å². The predicted molar refractivity (Wildman–Crippen MR) is 117 cm³/mol. The van der Waals surface area contributed by atoms with Crippen molar-refractivity contribution >= 4 is 45.6 Å². The second-order valence-electron chi connectivity index (χ2n) is 6.06. The van der Waals surface area contributed by atoms with Crippen LogP contribution in [0.2, 0.25) is 10.0 Å². The van der Waals surface area contributed by atoms with E-state index in [1.807, 2.05) is 35.7 Å². The fourth-order valence-corrected chi connectivity index (χ4v) is 3.97. The summed E-state index contributed by atoms with van der Waals surface area (Å²) in [7, 11) is 0. The Labute approximate surface area is 176 Å². The van der Waals surface area contributed by atoms with E-state index in [0.717, 1.165) is 16.8 Å². The van der Waals surface area contributed by atoms with Gasteiger partial charge in [-0.1, -0.05) is 77.8 Å². The van der Waals surface area contributed by atoms with Crippen molar-refractivity contribution < 1.29 is 4.79 Å². The van der Waals surface area contributed by atoms with Crippen LogP contribution in [0.4, 0.5) is 5.13 Å². The van der Waals surface area contributed by atoms with E-state index in [1.165, 1.54) is 16.9 Å². The number of benzene rings is 3. The van der Waals surface area contributed by atoms with Crippen LogP contribution in [0, 0.1) is 0 Å². The Morgan fingerprint density at radius 2 is 1.54 bits per heavy atom. The number of nitrogens with one attached hydrogen (secondary N) is 1. The normalized spacial score (nSPS) is 10.6. The molecule has 0 unspecified atom stereocenters. The zero-order valence-electron chi connectivity index (χ0n) is 14.5. The summed E-state index contributed by atoms with van der Waals surface area (Å²) in [6.45, 7) is 0. The van der Waals surface area contributed by atoms with Crippen molar-refractivity contribution in [2.45, 2.75) is 0 Å². The largest absolute Gasteiger partial charge is 0.298 e. The number of carbonyl (C=O) groups is 1. The van der Waals surface area contributed by atoms with Gasteiger partial charge in [0.2, 0.25) is 0 Å². The minimum Gasteiger partial charge on any atom is -0.298 e. The Morgan fingerprint density at radius 1 is 0.857 bits per heavy atom. The molecule has 0 saturated heterocycles. The number of halogens is 2. The van der Waals surface area contributed by atoms with E-state index < -0.39 is 0 Å². The molecule has 0 atom stereocenters. The van der Waals surface area contributed by atoms with Gasteiger partial charge in [-0.05, 0) is 29.3 Å². The minimum absolute atomic E-state index is 0.304. The number of rotatable bonds is 4. The number of carbonyl (C=O) groups excluding carboxylic acids is 1. The smallest absolute Gasteiger partial charge is 0.258 e. The van der Waals surface area contributed by atoms with Gasteiger partial charge in [0.15, 0.2) is 5.13 Å². The molecule has 0 radical (unpaired) electrons. The molecule has 1 heterocycles. The molecule has 0 aliphatic carbocycles. The molecule has 0 saturated carbocycles. The van der Waals surface area contributed by atoms with Gasteiger partial charge in [0.1, 0.15) is 0 Å². The highest BCUT2D eigenvalue weighted by atomic mass is 35.5. The van der Waals surface area contributed by atoms with Crippen LogP contribution in [0.5, 0.6) is 0 Å². The minimum atomic E-state index is -0.318. The average molecular weight is 425 g/mol. The van der Waals surface area contributed by atoms with Crippen molar-refractivity contribution in [3.05, 3.63) is 93.8 Å². The van der Waals surface area contributed by atoms with Crippen LogP contribution in [0.3, 0.4) is 0 Å². The first-order valence-electron chi connectivity index (χ1n) is 8.48. The maximum absolute atomic E-state index is 12.4. The Hall–Kier alpha value is -2.66. The van der Waals surface area contributed by atoms with Crippen LogP contribution in [-0.2, 0) is 0 Å². The molecule has 0 aliphatic heterocycles. The summed E-state index contributed by atoms with van der Waals surface area (Å²) in [5.74, 6) is -0.318. The van der Waals surface area contributed by atoms with Crippen molar-refractivity contribution in [3.63, 3.8) is 0 Å². The van der Waals surface area contributed by atoms with Crippen LogP contribution < -0.4 is 5.32 Å². The fraction of sp³-hybridized carbons (Fsp3) is 0. The number of nitrogens with zero attached hydrogens (tertiary/aromatic N) is 1. The van der Waals surface area contributed by atoms with Gasteiger partial charge in [-0.3, -0.25) is 10.1 Å². The molecule has 4 aromatic rings. The van der Waals surface area contributed by atoms with Gasteiger partial charge >= 0.3 is 0 Å². The Balaban J connectivity index is 1.50. The highest BCUT2D eigenvalue weighted by Crippen LogP contribution is 2.28. The Morgan fingerprint density at radius 3 is 2.25 bits per heavy atom. The van der Waals surface area contributed by atoms with Crippen LogP contribution in [0.1, 0.15) is 10.4 Å². The zero-order valence-corrected chi connectivity index (χ0v) is 16.9.